The highest BCUT2D eigenvalue weighted by Gasteiger charge is 2.32. The molecule has 0 aliphatic heterocycles. The second kappa shape index (κ2) is 6.79. The smallest absolute Gasteiger partial charge is 0.303 e. The van der Waals surface area contributed by atoms with E-state index in [1.807, 2.05) is 0 Å². The minimum Gasteiger partial charge on any atom is -0.481 e. The Bertz CT molecular complexity index is 165. The summed E-state index contributed by atoms with van der Waals surface area (Å²) in [5.74, 6) is -0.706. The lowest BCUT2D eigenvalue weighted by Gasteiger charge is -2.34. The highest BCUT2D eigenvalue weighted by Crippen LogP contribution is 2.38. The van der Waals surface area contributed by atoms with Gasteiger partial charge in [-0.05, 0) is 24.8 Å². The van der Waals surface area contributed by atoms with Crippen LogP contribution in [0.5, 0.6) is 0 Å². The maximum absolute atomic E-state index is 10.6. The van der Waals surface area contributed by atoms with Crippen molar-refractivity contribution in [3.63, 3.8) is 0 Å². The number of aliphatic carboxylic acids is 1. The SMILES string of the molecule is CO.NCC1(CC(=O)O)CCCCC1. The van der Waals surface area contributed by atoms with E-state index in [1.54, 1.807) is 0 Å². The van der Waals surface area contributed by atoms with Gasteiger partial charge in [0.1, 0.15) is 0 Å². The molecule has 1 saturated carbocycles. The largest absolute Gasteiger partial charge is 0.481 e. The summed E-state index contributed by atoms with van der Waals surface area (Å²) in [5, 5.41) is 15.7. The Morgan fingerprint density at radius 1 is 1.29 bits per heavy atom. The maximum atomic E-state index is 10.6. The number of carbonyl (C=O) groups is 1. The number of nitrogens with two attached hydrogens (primary N) is 1. The molecule has 1 rings (SSSR count). The Kier molecular flexibility index (Phi) is 6.49. The molecule has 14 heavy (non-hydrogen) atoms. The van der Waals surface area contributed by atoms with Gasteiger partial charge in [0.2, 0.25) is 0 Å². The fraction of sp³-hybridized carbons (Fsp3) is 0.900. The molecule has 0 spiro atoms. The first-order valence-corrected chi connectivity index (χ1v) is 5.05. The molecule has 0 aromatic heterocycles. The van der Waals surface area contributed by atoms with Crippen LogP contribution in [-0.2, 0) is 4.79 Å². The van der Waals surface area contributed by atoms with E-state index in [-0.39, 0.29) is 11.8 Å². The van der Waals surface area contributed by atoms with Gasteiger partial charge < -0.3 is 15.9 Å². The van der Waals surface area contributed by atoms with Crippen LogP contribution in [0.15, 0.2) is 0 Å². The fourth-order valence-corrected chi connectivity index (χ4v) is 2.08. The molecule has 0 aromatic carbocycles. The molecule has 0 amide bonds. The van der Waals surface area contributed by atoms with Crippen LogP contribution in [0.25, 0.3) is 0 Å². The second-order valence-electron chi connectivity index (χ2n) is 3.84. The van der Waals surface area contributed by atoms with Crippen LogP contribution in [0.1, 0.15) is 38.5 Å². The Hall–Kier alpha value is -0.610. The normalized spacial score (nSPS) is 19.4. The van der Waals surface area contributed by atoms with E-state index in [1.165, 1.54) is 6.42 Å². The van der Waals surface area contributed by atoms with E-state index in [9.17, 15) is 4.79 Å². The molecule has 1 aliphatic rings. The van der Waals surface area contributed by atoms with Crippen molar-refractivity contribution >= 4 is 5.97 Å². The lowest BCUT2D eigenvalue weighted by molar-refractivity contribution is -0.140. The number of hydrogen-bond acceptors (Lipinski definition) is 3. The van der Waals surface area contributed by atoms with Crippen LogP contribution >= 0.6 is 0 Å². The summed E-state index contributed by atoms with van der Waals surface area (Å²) in [7, 11) is 1.00. The zero-order valence-electron chi connectivity index (χ0n) is 8.83. The lowest BCUT2D eigenvalue weighted by Crippen LogP contribution is -2.34. The number of hydrogen-bond donors (Lipinski definition) is 3. The third-order valence-electron chi connectivity index (χ3n) is 2.87. The van der Waals surface area contributed by atoms with E-state index in [0.717, 1.165) is 32.8 Å². The van der Waals surface area contributed by atoms with Crippen molar-refractivity contribution in [2.45, 2.75) is 38.5 Å². The van der Waals surface area contributed by atoms with Crippen LogP contribution in [0.4, 0.5) is 0 Å². The molecule has 4 nitrogen and oxygen atoms in total. The van der Waals surface area contributed by atoms with Crippen molar-refractivity contribution in [1.82, 2.24) is 0 Å². The van der Waals surface area contributed by atoms with Gasteiger partial charge in [0.05, 0.1) is 6.42 Å². The standard InChI is InChI=1S/C9H17NO2.CH4O/c10-7-9(6-8(11)12)4-2-1-3-5-9;1-2/h1-7,10H2,(H,11,12);2H,1H3. The van der Waals surface area contributed by atoms with Crippen molar-refractivity contribution in [3.8, 4) is 0 Å². The highest BCUT2D eigenvalue weighted by molar-refractivity contribution is 5.67. The first kappa shape index (κ1) is 13.4. The van der Waals surface area contributed by atoms with Crippen molar-refractivity contribution in [2.24, 2.45) is 11.1 Å². The van der Waals surface area contributed by atoms with E-state index in [4.69, 9.17) is 15.9 Å². The van der Waals surface area contributed by atoms with Crippen molar-refractivity contribution < 1.29 is 15.0 Å². The van der Waals surface area contributed by atoms with Crippen LogP contribution in [0, 0.1) is 5.41 Å². The Balaban J connectivity index is 0.000000791. The van der Waals surface area contributed by atoms with E-state index in [0.29, 0.717) is 6.54 Å². The zero-order chi connectivity index (χ0) is 11.0. The van der Waals surface area contributed by atoms with Crippen LogP contribution < -0.4 is 5.73 Å². The number of carboxylic acid groups (broad SMARTS) is 1. The van der Waals surface area contributed by atoms with E-state index < -0.39 is 5.97 Å². The summed E-state index contributed by atoms with van der Waals surface area (Å²) in [5.41, 5.74) is 5.54. The molecule has 1 aliphatic carbocycles. The van der Waals surface area contributed by atoms with Gasteiger partial charge in [-0.1, -0.05) is 19.3 Å². The molecular weight excluding hydrogens is 182 g/mol. The fourth-order valence-electron chi connectivity index (χ4n) is 2.08. The molecule has 4 N–H and O–H groups in total. The molecule has 0 bridgehead atoms. The monoisotopic (exact) mass is 203 g/mol. The van der Waals surface area contributed by atoms with Gasteiger partial charge in [-0.25, -0.2) is 0 Å². The average Bonchev–Trinajstić information content (AvgIpc) is 2.21. The van der Waals surface area contributed by atoms with Crippen molar-refractivity contribution in [2.75, 3.05) is 13.7 Å². The molecule has 0 atom stereocenters. The molecule has 0 aromatic rings. The predicted octanol–water partition coefficient (Wildman–Crippen LogP) is 0.979. The summed E-state index contributed by atoms with van der Waals surface area (Å²) in [4.78, 5) is 10.6. The first-order valence-electron chi connectivity index (χ1n) is 5.05. The molecule has 0 heterocycles. The Morgan fingerprint density at radius 3 is 2.14 bits per heavy atom. The highest BCUT2D eigenvalue weighted by atomic mass is 16.4. The van der Waals surface area contributed by atoms with Gasteiger partial charge >= 0.3 is 5.97 Å². The lowest BCUT2D eigenvalue weighted by atomic mass is 9.72. The molecule has 1 fully saturated rings. The Morgan fingerprint density at radius 2 is 1.79 bits per heavy atom. The van der Waals surface area contributed by atoms with Gasteiger partial charge in [0.25, 0.3) is 0 Å². The summed E-state index contributed by atoms with van der Waals surface area (Å²) in [6.45, 7) is 0.527. The van der Waals surface area contributed by atoms with Crippen molar-refractivity contribution in [3.05, 3.63) is 0 Å². The number of rotatable bonds is 3. The topological polar surface area (TPSA) is 83.5 Å². The molecule has 0 unspecified atom stereocenters. The quantitative estimate of drug-likeness (QED) is 0.638. The van der Waals surface area contributed by atoms with Gasteiger partial charge in [-0.2, -0.15) is 0 Å². The predicted molar refractivity (Wildman–Crippen MR) is 55.0 cm³/mol. The van der Waals surface area contributed by atoms with Crippen LogP contribution in [-0.4, -0.2) is 29.8 Å². The number of aliphatic hydroxyl groups excluding tert-OH is 1. The summed E-state index contributed by atoms with van der Waals surface area (Å²) in [6, 6.07) is 0. The molecule has 0 saturated heterocycles. The minimum atomic E-state index is -0.706. The number of aliphatic hydroxyl groups is 1. The van der Waals surface area contributed by atoms with Gasteiger partial charge in [0, 0.05) is 7.11 Å². The summed E-state index contributed by atoms with van der Waals surface area (Å²) >= 11 is 0. The number of carboxylic acids is 1. The molecule has 4 heteroatoms. The van der Waals surface area contributed by atoms with Gasteiger partial charge in [-0.15, -0.1) is 0 Å². The van der Waals surface area contributed by atoms with E-state index >= 15 is 0 Å². The maximum Gasteiger partial charge on any atom is 0.303 e. The molecule has 84 valence electrons. The van der Waals surface area contributed by atoms with Gasteiger partial charge in [-0.3, -0.25) is 4.79 Å². The minimum absolute atomic E-state index is 0.0793. The van der Waals surface area contributed by atoms with E-state index in [2.05, 4.69) is 0 Å². The molecular formula is C10H21NO3. The zero-order valence-corrected chi connectivity index (χ0v) is 8.83. The third-order valence-corrected chi connectivity index (χ3v) is 2.87. The van der Waals surface area contributed by atoms with Crippen LogP contribution in [0.3, 0.4) is 0 Å². The molecule has 0 radical (unpaired) electrons. The summed E-state index contributed by atoms with van der Waals surface area (Å²) in [6.07, 6.45) is 5.77. The summed E-state index contributed by atoms with van der Waals surface area (Å²) < 4.78 is 0. The van der Waals surface area contributed by atoms with Gasteiger partial charge in [0.15, 0.2) is 0 Å². The third kappa shape index (κ3) is 4.07. The average molecular weight is 203 g/mol. The van der Waals surface area contributed by atoms with Crippen LogP contribution in [0.2, 0.25) is 0 Å². The second-order valence-corrected chi connectivity index (χ2v) is 3.84. The van der Waals surface area contributed by atoms with Crippen molar-refractivity contribution in [1.29, 1.82) is 0 Å². The first-order chi connectivity index (χ1) is 6.68. The Labute approximate surface area is 85.1 Å².